The molecule has 0 N–H and O–H groups in total. The van der Waals surface area contributed by atoms with E-state index in [2.05, 4.69) is 0 Å². The molecule has 15 heavy (non-hydrogen) atoms. The zero-order valence-electron chi connectivity index (χ0n) is 7.90. The van der Waals surface area contributed by atoms with E-state index < -0.39 is 15.6 Å². The monoisotopic (exact) mass is 245 g/mol. The van der Waals surface area contributed by atoms with Crippen molar-refractivity contribution in [3.63, 3.8) is 0 Å². The maximum atomic E-state index is 11.5. The summed E-state index contributed by atoms with van der Waals surface area (Å²) >= 11 is 5.76. The zero-order chi connectivity index (χ0) is 11.5. The summed E-state index contributed by atoms with van der Waals surface area (Å²) in [5.41, 5.74) is 0. The standard InChI is InChI=1S/C9H8ClNO3S/c1-14-7-2-3-9(8(10)6-7)15(12,13)5-4-11/h2-3,6H,5H2,1H3. The number of methoxy groups -OCH3 is 1. The second-order valence-electron chi connectivity index (χ2n) is 2.71. The van der Waals surface area contributed by atoms with Crippen molar-refractivity contribution in [2.24, 2.45) is 0 Å². The van der Waals surface area contributed by atoms with E-state index in [1.807, 2.05) is 0 Å². The van der Waals surface area contributed by atoms with E-state index in [4.69, 9.17) is 21.6 Å². The number of hydrogen-bond donors (Lipinski definition) is 0. The Labute approximate surface area is 93.0 Å². The van der Waals surface area contributed by atoms with Crippen molar-refractivity contribution in [1.82, 2.24) is 0 Å². The summed E-state index contributed by atoms with van der Waals surface area (Å²) in [5.74, 6) is -0.116. The molecule has 0 aliphatic heterocycles. The summed E-state index contributed by atoms with van der Waals surface area (Å²) in [4.78, 5) is -0.0495. The molecule has 80 valence electrons. The van der Waals surface area contributed by atoms with Gasteiger partial charge in [-0.25, -0.2) is 8.42 Å². The smallest absolute Gasteiger partial charge is 0.193 e. The lowest BCUT2D eigenvalue weighted by atomic mass is 10.3. The summed E-state index contributed by atoms with van der Waals surface area (Å²) in [6, 6.07) is 5.79. The van der Waals surface area contributed by atoms with Gasteiger partial charge in [-0.05, 0) is 12.1 Å². The van der Waals surface area contributed by atoms with Gasteiger partial charge in [0.2, 0.25) is 0 Å². The van der Waals surface area contributed by atoms with Gasteiger partial charge in [-0.1, -0.05) is 11.6 Å². The fourth-order valence-corrected chi connectivity index (χ4v) is 2.50. The highest BCUT2D eigenvalue weighted by Gasteiger charge is 2.17. The Kier molecular flexibility index (Phi) is 3.56. The van der Waals surface area contributed by atoms with Crippen LogP contribution in [-0.4, -0.2) is 21.3 Å². The summed E-state index contributed by atoms with van der Waals surface area (Å²) in [5, 5.41) is 8.42. The number of sulfone groups is 1. The molecule has 1 aromatic carbocycles. The Bertz CT molecular complexity index is 505. The Hall–Kier alpha value is -1.25. The van der Waals surface area contributed by atoms with E-state index in [1.54, 1.807) is 6.07 Å². The van der Waals surface area contributed by atoms with Gasteiger partial charge < -0.3 is 4.74 Å². The average Bonchev–Trinajstić information content (AvgIpc) is 2.17. The third kappa shape index (κ3) is 2.61. The third-order valence-corrected chi connectivity index (χ3v) is 3.69. The number of hydrogen-bond acceptors (Lipinski definition) is 4. The van der Waals surface area contributed by atoms with E-state index in [-0.39, 0.29) is 9.92 Å². The largest absolute Gasteiger partial charge is 0.497 e. The molecule has 0 aliphatic rings. The van der Waals surface area contributed by atoms with Crippen molar-refractivity contribution < 1.29 is 13.2 Å². The van der Waals surface area contributed by atoms with E-state index in [9.17, 15) is 8.42 Å². The van der Waals surface area contributed by atoms with Crippen LogP contribution in [0.5, 0.6) is 5.75 Å². The quantitative estimate of drug-likeness (QED) is 0.812. The van der Waals surface area contributed by atoms with Crippen LogP contribution in [-0.2, 0) is 9.84 Å². The highest BCUT2D eigenvalue weighted by Crippen LogP contribution is 2.26. The molecular formula is C9H8ClNO3S. The topological polar surface area (TPSA) is 67.2 Å². The molecule has 4 nitrogen and oxygen atoms in total. The van der Waals surface area contributed by atoms with Crippen LogP contribution in [0.15, 0.2) is 23.1 Å². The molecule has 0 saturated carbocycles. The molecule has 0 spiro atoms. The number of halogens is 1. The first kappa shape index (κ1) is 11.8. The molecule has 6 heteroatoms. The van der Waals surface area contributed by atoms with Gasteiger partial charge in [0.25, 0.3) is 0 Å². The SMILES string of the molecule is COc1ccc(S(=O)(=O)CC#N)c(Cl)c1. The van der Waals surface area contributed by atoms with Gasteiger partial charge in [-0.2, -0.15) is 5.26 Å². The van der Waals surface area contributed by atoms with Gasteiger partial charge in [-0.15, -0.1) is 0 Å². The second kappa shape index (κ2) is 4.51. The summed E-state index contributed by atoms with van der Waals surface area (Å²) in [6.45, 7) is 0. The first-order valence-corrected chi connectivity index (χ1v) is 5.97. The molecule has 1 rings (SSSR count). The minimum atomic E-state index is -3.61. The normalized spacial score (nSPS) is 10.7. The van der Waals surface area contributed by atoms with E-state index in [1.165, 1.54) is 25.3 Å². The predicted octanol–water partition coefficient (Wildman–Crippen LogP) is 1.65. The first-order chi connectivity index (χ1) is 7.01. The predicted molar refractivity (Wildman–Crippen MR) is 55.7 cm³/mol. The van der Waals surface area contributed by atoms with Crippen LogP contribution in [0.1, 0.15) is 0 Å². The van der Waals surface area contributed by atoms with Gasteiger partial charge in [0.15, 0.2) is 9.84 Å². The molecule has 1 aromatic rings. The van der Waals surface area contributed by atoms with Crippen LogP contribution in [0, 0.1) is 11.3 Å². The minimum absolute atomic E-state index is 0.0495. The number of benzene rings is 1. The second-order valence-corrected chi connectivity index (χ2v) is 5.08. The molecule has 0 unspecified atom stereocenters. The van der Waals surface area contributed by atoms with E-state index >= 15 is 0 Å². The Balaban J connectivity index is 3.24. The molecule has 0 radical (unpaired) electrons. The van der Waals surface area contributed by atoms with Gasteiger partial charge >= 0.3 is 0 Å². The number of nitrogens with zero attached hydrogens (tertiary/aromatic N) is 1. The molecule has 0 aromatic heterocycles. The van der Waals surface area contributed by atoms with E-state index in [0.29, 0.717) is 5.75 Å². The Morgan fingerprint density at radius 2 is 2.20 bits per heavy atom. The third-order valence-electron chi connectivity index (χ3n) is 1.73. The summed E-state index contributed by atoms with van der Waals surface area (Å²) < 4.78 is 27.9. The van der Waals surface area contributed by atoms with Gasteiger partial charge in [0.05, 0.1) is 23.1 Å². The maximum absolute atomic E-state index is 11.5. The fraction of sp³-hybridized carbons (Fsp3) is 0.222. The maximum Gasteiger partial charge on any atom is 0.193 e. The molecule has 0 amide bonds. The lowest BCUT2D eigenvalue weighted by Gasteiger charge is -2.05. The van der Waals surface area contributed by atoms with Crippen LogP contribution < -0.4 is 4.74 Å². The highest BCUT2D eigenvalue weighted by atomic mass is 35.5. The fourth-order valence-electron chi connectivity index (χ4n) is 1.02. The molecule has 0 atom stereocenters. The van der Waals surface area contributed by atoms with Crippen molar-refractivity contribution in [1.29, 1.82) is 5.26 Å². The molecule has 0 heterocycles. The van der Waals surface area contributed by atoms with Crippen molar-refractivity contribution in [3.05, 3.63) is 23.2 Å². The Morgan fingerprint density at radius 1 is 1.53 bits per heavy atom. The Morgan fingerprint density at radius 3 is 2.67 bits per heavy atom. The van der Waals surface area contributed by atoms with Gasteiger partial charge in [0, 0.05) is 6.07 Å². The number of nitriles is 1. The van der Waals surface area contributed by atoms with Crippen molar-refractivity contribution >= 4 is 21.4 Å². The zero-order valence-corrected chi connectivity index (χ0v) is 9.47. The van der Waals surface area contributed by atoms with Gasteiger partial charge in [0.1, 0.15) is 11.5 Å². The number of ether oxygens (including phenoxy) is 1. The highest BCUT2D eigenvalue weighted by molar-refractivity contribution is 7.91. The molecule has 0 aliphatic carbocycles. The van der Waals surface area contributed by atoms with Crippen molar-refractivity contribution in [2.75, 3.05) is 12.9 Å². The lowest BCUT2D eigenvalue weighted by molar-refractivity contribution is 0.414. The van der Waals surface area contributed by atoms with Crippen molar-refractivity contribution in [2.45, 2.75) is 4.90 Å². The van der Waals surface area contributed by atoms with Crippen LogP contribution in [0.4, 0.5) is 0 Å². The number of rotatable bonds is 3. The molecule has 0 bridgehead atoms. The van der Waals surface area contributed by atoms with Gasteiger partial charge in [-0.3, -0.25) is 0 Å². The lowest BCUT2D eigenvalue weighted by Crippen LogP contribution is -2.05. The first-order valence-electron chi connectivity index (χ1n) is 3.94. The molecular weight excluding hydrogens is 238 g/mol. The van der Waals surface area contributed by atoms with Crippen LogP contribution in [0.2, 0.25) is 5.02 Å². The summed E-state index contributed by atoms with van der Waals surface area (Å²) in [7, 11) is -2.16. The summed E-state index contributed by atoms with van der Waals surface area (Å²) in [6.07, 6.45) is 0. The van der Waals surface area contributed by atoms with Crippen LogP contribution in [0.25, 0.3) is 0 Å². The minimum Gasteiger partial charge on any atom is -0.497 e. The van der Waals surface area contributed by atoms with Crippen LogP contribution in [0.3, 0.4) is 0 Å². The molecule has 0 saturated heterocycles. The van der Waals surface area contributed by atoms with E-state index in [0.717, 1.165) is 0 Å². The average molecular weight is 246 g/mol. The molecule has 0 fully saturated rings. The van der Waals surface area contributed by atoms with Crippen molar-refractivity contribution in [3.8, 4) is 11.8 Å². The van der Waals surface area contributed by atoms with Crippen LogP contribution >= 0.6 is 11.6 Å².